The smallest absolute Gasteiger partial charge is 0.247 e. The first-order valence-electron chi connectivity index (χ1n) is 7.22. The molecular formula is C16H21N3O. The quantitative estimate of drug-likeness (QED) is 0.908. The third kappa shape index (κ3) is 2.61. The Balaban J connectivity index is 1.82. The largest absolute Gasteiger partial charge is 0.419 e. The van der Waals surface area contributed by atoms with Crippen LogP contribution in [0.4, 0.5) is 0 Å². The van der Waals surface area contributed by atoms with Gasteiger partial charge in [-0.15, -0.1) is 10.2 Å². The monoisotopic (exact) mass is 271 g/mol. The summed E-state index contributed by atoms with van der Waals surface area (Å²) in [6, 6.07) is 8.60. The zero-order valence-corrected chi connectivity index (χ0v) is 12.3. The van der Waals surface area contributed by atoms with E-state index < -0.39 is 0 Å². The van der Waals surface area contributed by atoms with Gasteiger partial charge in [0.1, 0.15) is 0 Å². The van der Waals surface area contributed by atoms with Crippen LogP contribution in [0.5, 0.6) is 0 Å². The van der Waals surface area contributed by atoms with Gasteiger partial charge in [-0.1, -0.05) is 32.9 Å². The maximum Gasteiger partial charge on any atom is 0.247 e. The zero-order chi connectivity index (χ0) is 14.2. The van der Waals surface area contributed by atoms with Crippen molar-refractivity contribution in [3.63, 3.8) is 0 Å². The van der Waals surface area contributed by atoms with Gasteiger partial charge in [0.05, 0.1) is 6.04 Å². The molecule has 1 aromatic carbocycles. The van der Waals surface area contributed by atoms with Gasteiger partial charge in [-0.2, -0.15) is 0 Å². The van der Waals surface area contributed by atoms with Crippen molar-refractivity contribution in [3.05, 3.63) is 35.7 Å². The second-order valence-corrected chi connectivity index (χ2v) is 6.42. The molecule has 0 saturated carbocycles. The Labute approximate surface area is 119 Å². The highest BCUT2D eigenvalue weighted by Gasteiger charge is 2.22. The van der Waals surface area contributed by atoms with Crippen LogP contribution >= 0.6 is 0 Å². The molecule has 1 aliphatic rings. The number of hydrogen-bond acceptors (Lipinski definition) is 4. The molecule has 0 bridgehead atoms. The highest BCUT2D eigenvalue weighted by Crippen LogP contribution is 2.28. The van der Waals surface area contributed by atoms with E-state index in [1.807, 2.05) is 0 Å². The first-order valence-corrected chi connectivity index (χ1v) is 7.22. The molecule has 4 heteroatoms. The Kier molecular flexibility index (Phi) is 3.34. The maximum absolute atomic E-state index is 5.79. The summed E-state index contributed by atoms with van der Waals surface area (Å²) in [4.78, 5) is 0. The molecular weight excluding hydrogens is 250 g/mol. The first-order chi connectivity index (χ1) is 9.54. The third-order valence-electron chi connectivity index (χ3n) is 3.80. The molecule has 4 nitrogen and oxygen atoms in total. The molecule has 106 valence electrons. The Morgan fingerprint density at radius 2 is 1.90 bits per heavy atom. The van der Waals surface area contributed by atoms with Crippen LogP contribution in [0.25, 0.3) is 11.5 Å². The van der Waals surface area contributed by atoms with Crippen LogP contribution in [0.2, 0.25) is 0 Å². The number of aromatic nitrogens is 2. The first kappa shape index (κ1) is 13.3. The Morgan fingerprint density at radius 1 is 1.15 bits per heavy atom. The van der Waals surface area contributed by atoms with Crippen LogP contribution in [0, 0.1) is 0 Å². The lowest BCUT2D eigenvalue weighted by molar-refractivity contribution is 0.437. The number of nitrogens with one attached hydrogen (secondary N) is 1. The summed E-state index contributed by atoms with van der Waals surface area (Å²) in [6.07, 6.45) is 2.24. The summed E-state index contributed by atoms with van der Waals surface area (Å²) in [5, 5.41) is 11.7. The highest BCUT2D eigenvalue weighted by molar-refractivity contribution is 5.53. The minimum atomic E-state index is 0.159. The fourth-order valence-electron chi connectivity index (χ4n) is 2.50. The molecule has 1 unspecified atom stereocenters. The second kappa shape index (κ2) is 5.02. The molecule has 1 saturated heterocycles. The summed E-state index contributed by atoms with van der Waals surface area (Å²) >= 11 is 0. The lowest BCUT2D eigenvalue weighted by atomic mass is 9.87. The summed E-state index contributed by atoms with van der Waals surface area (Å²) in [6.45, 7) is 7.65. The van der Waals surface area contributed by atoms with Crippen LogP contribution in [0.15, 0.2) is 28.7 Å². The van der Waals surface area contributed by atoms with Gasteiger partial charge in [-0.05, 0) is 42.5 Å². The maximum atomic E-state index is 5.79. The minimum absolute atomic E-state index is 0.159. The molecule has 0 amide bonds. The number of nitrogens with zero attached hydrogens (tertiary/aromatic N) is 2. The molecule has 20 heavy (non-hydrogen) atoms. The van der Waals surface area contributed by atoms with Crippen LogP contribution in [0.1, 0.15) is 51.1 Å². The minimum Gasteiger partial charge on any atom is -0.419 e. The van der Waals surface area contributed by atoms with Gasteiger partial charge in [-0.3, -0.25) is 0 Å². The van der Waals surface area contributed by atoms with Crippen molar-refractivity contribution in [1.29, 1.82) is 0 Å². The summed E-state index contributed by atoms with van der Waals surface area (Å²) in [5.74, 6) is 1.31. The van der Waals surface area contributed by atoms with Gasteiger partial charge < -0.3 is 9.73 Å². The van der Waals surface area contributed by atoms with Crippen molar-refractivity contribution in [2.45, 2.75) is 45.1 Å². The Hall–Kier alpha value is -1.68. The molecule has 0 spiro atoms. The normalized spacial score (nSPS) is 19.4. The van der Waals surface area contributed by atoms with Gasteiger partial charge in [0, 0.05) is 5.56 Å². The number of benzene rings is 1. The van der Waals surface area contributed by atoms with Gasteiger partial charge in [0.2, 0.25) is 11.8 Å². The van der Waals surface area contributed by atoms with Gasteiger partial charge >= 0.3 is 0 Å². The average Bonchev–Trinajstić information content (AvgIpc) is 3.09. The van der Waals surface area contributed by atoms with E-state index in [0.717, 1.165) is 18.5 Å². The fraction of sp³-hybridized carbons (Fsp3) is 0.500. The van der Waals surface area contributed by atoms with E-state index in [1.165, 1.54) is 12.0 Å². The molecule has 1 aromatic heterocycles. The fourth-order valence-corrected chi connectivity index (χ4v) is 2.50. The predicted octanol–water partition coefficient (Wildman–Crippen LogP) is 3.46. The van der Waals surface area contributed by atoms with Crippen molar-refractivity contribution in [3.8, 4) is 11.5 Å². The van der Waals surface area contributed by atoms with Gasteiger partial charge in [0.15, 0.2) is 0 Å². The SMILES string of the molecule is CC(C)(C)c1ccc(-c2nnc(C3CCCN3)o2)cc1. The van der Waals surface area contributed by atoms with Crippen LogP contribution < -0.4 is 5.32 Å². The molecule has 1 fully saturated rings. The van der Waals surface area contributed by atoms with E-state index in [0.29, 0.717) is 11.8 Å². The van der Waals surface area contributed by atoms with E-state index >= 15 is 0 Å². The third-order valence-corrected chi connectivity index (χ3v) is 3.80. The van der Waals surface area contributed by atoms with Crippen molar-refractivity contribution in [2.24, 2.45) is 0 Å². The zero-order valence-electron chi connectivity index (χ0n) is 12.3. The average molecular weight is 271 g/mol. The van der Waals surface area contributed by atoms with Gasteiger partial charge in [0.25, 0.3) is 0 Å². The molecule has 1 atom stereocenters. The molecule has 1 N–H and O–H groups in total. The summed E-state index contributed by atoms with van der Waals surface area (Å²) < 4.78 is 5.79. The van der Waals surface area contributed by atoms with Crippen LogP contribution in [-0.2, 0) is 5.41 Å². The topological polar surface area (TPSA) is 51.0 Å². The van der Waals surface area contributed by atoms with Crippen LogP contribution in [-0.4, -0.2) is 16.7 Å². The predicted molar refractivity (Wildman–Crippen MR) is 78.4 cm³/mol. The molecule has 3 rings (SSSR count). The lowest BCUT2D eigenvalue weighted by Gasteiger charge is -2.18. The number of hydrogen-bond donors (Lipinski definition) is 1. The van der Waals surface area contributed by atoms with Crippen molar-refractivity contribution >= 4 is 0 Å². The van der Waals surface area contributed by atoms with E-state index in [4.69, 9.17) is 4.42 Å². The molecule has 0 radical (unpaired) electrons. The Bertz CT molecular complexity index is 575. The molecule has 2 aromatic rings. The van der Waals surface area contributed by atoms with E-state index in [2.05, 4.69) is 60.6 Å². The Morgan fingerprint density at radius 3 is 2.50 bits per heavy atom. The van der Waals surface area contributed by atoms with E-state index in [-0.39, 0.29) is 11.5 Å². The molecule has 1 aliphatic heterocycles. The van der Waals surface area contributed by atoms with Crippen molar-refractivity contribution < 1.29 is 4.42 Å². The molecule has 2 heterocycles. The van der Waals surface area contributed by atoms with Crippen LogP contribution in [0.3, 0.4) is 0 Å². The highest BCUT2D eigenvalue weighted by atomic mass is 16.4. The van der Waals surface area contributed by atoms with E-state index in [9.17, 15) is 0 Å². The summed E-state index contributed by atoms with van der Waals surface area (Å²) in [7, 11) is 0. The van der Waals surface area contributed by atoms with Crippen molar-refractivity contribution in [1.82, 2.24) is 15.5 Å². The summed E-state index contributed by atoms with van der Waals surface area (Å²) in [5.41, 5.74) is 2.44. The lowest BCUT2D eigenvalue weighted by Crippen LogP contribution is -2.12. The van der Waals surface area contributed by atoms with Crippen molar-refractivity contribution in [2.75, 3.05) is 6.54 Å². The standard InChI is InChI=1S/C16H21N3O/c1-16(2,3)12-8-6-11(7-9-12)14-18-19-15(20-14)13-5-4-10-17-13/h6-9,13,17H,4-5,10H2,1-3H3. The molecule has 0 aliphatic carbocycles. The second-order valence-electron chi connectivity index (χ2n) is 6.42. The number of rotatable bonds is 2. The van der Waals surface area contributed by atoms with E-state index in [1.54, 1.807) is 0 Å². The van der Waals surface area contributed by atoms with Gasteiger partial charge in [-0.25, -0.2) is 0 Å².